The van der Waals surface area contributed by atoms with Crippen molar-refractivity contribution in [2.24, 2.45) is 0 Å². The first kappa shape index (κ1) is 27.6. The first-order valence-corrected chi connectivity index (χ1v) is 12.3. The van der Waals surface area contributed by atoms with Gasteiger partial charge in [0.25, 0.3) is 0 Å². The predicted molar refractivity (Wildman–Crippen MR) is 130 cm³/mol. The zero-order chi connectivity index (χ0) is 23.1. The Bertz CT molecular complexity index is 596. The first-order chi connectivity index (χ1) is 14.8. The summed E-state index contributed by atoms with van der Waals surface area (Å²) in [4.78, 5) is 12.2. The standard InChI is InChI=1S/C26H46N2O3/c1-5-6-7-8-9-10-11-12-13-14-15-16-25(30)27-23-19-17-22(18-20-23)26(31)24(21-29)28(2,3)4/h17-20,24,26,29,31H,5-16,21H2,1-4H3/p+1. The second kappa shape index (κ2) is 15.4. The molecule has 1 rings (SSSR count). The fourth-order valence-electron chi connectivity index (χ4n) is 3.93. The Balaban J connectivity index is 2.22. The maximum Gasteiger partial charge on any atom is 0.224 e. The summed E-state index contributed by atoms with van der Waals surface area (Å²) in [5, 5.41) is 23.2. The molecule has 2 unspecified atom stereocenters. The molecule has 1 aromatic rings. The molecule has 0 heterocycles. The van der Waals surface area contributed by atoms with Gasteiger partial charge in [-0.1, -0.05) is 83.3 Å². The number of anilines is 1. The van der Waals surface area contributed by atoms with E-state index in [0.29, 0.717) is 10.9 Å². The van der Waals surface area contributed by atoms with Crippen molar-refractivity contribution < 1.29 is 19.5 Å². The van der Waals surface area contributed by atoms with Gasteiger partial charge in [-0.15, -0.1) is 0 Å². The van der Waals surface area contributed by atoms with Crippen LogP contribution in [-0.2, 0) is 4.79 Å². The Morgan fingerprint density at radius 1 is 0.871 bits per heavy atom. The molecule has 0 bridgehead atoms. The Hall–Kier alpha value is -1.43. The van der Waals surface area contributed by atoms with Crippen LogP contribution in [0.25, 0.3) is 0 Å². The number of likely N-dealkylation sites (N-methyl/N-ethyl adjacent to an activating group) is 1. The number of carbonyl (C=O) groups is 1. The number of nitrogens with one attached hydrogen (secondary N) is 1. The van der Waals surface area contributed by atoms with Gasteiger partial charge in [0.1, 0.15) is 12.1 Å². The highest BCUT2D eigenvalue weighted by atomic mass is 16.3. The highest BCUT2D eigenvalue weighted by Gasteiger charge is 2.31. The monoisotopic (exact) mass is 435 g/mol. The van der Waals surface area contributed by atoms with Crippen LogP contribution in [0.4, 0.5) is 5.69 Å². The molecule has 0 aliphatic rings. The summed E-state index contributed by atoms with van der Waals surface area (Å²) in [5.41, 5.74) is 1.49. The molecular weight excluding hydrogens is 388 g/mol. The number of rotatable bonds is 17. The van der Waals surface area contributed by atoms with E-state index in [-0.39, 0.29) is 18.6 Å². The number of hydrogen-bond donors (Lipinski definition) is 3. The van der Waals surface area contributed by atoms with Gasteiger partial charge < -0.3 is 20.0 Å². The van der Waals surface area contributed by atoms with Gasteiger partial charge in [-0.25, -0.2) is 0 Å². The molecule has 1 aromatic carbocycles. The highest BCUT2D eigenvalue weighted by molar-refractivity contribution is 5.90. The lowest BCUT2D eigenvalue weighted by atomic mass is 10.0. The van der Waals surface area contributed by atoms with Crippen LogP contribution in [0.1, 0.15) is 95.6 Å². The summed E-state index contributed by atoms with van der Waals surface area (Å²) in [6, 6.07) is 6.98. The fraction of sp³-hybridized carbons (Fsp3) is 0.731. The van der Waals surface area contributed by atoms with Crippen molar-refractivity contribution >= 4 is 11.6 Å². The number of unbranched alkanes of at least 4 members (excludes halogenated alkanes) is 10. The number of aliphatic hydroxyl groups excluding tert-OH is 2. The van der Waals surface area contributed by atoms with Crippen molar-refractivity contribution in [2.75, 3.05) is 33.1 Å². The number of quaternary nitrogens is 1. The van der Waals surface area contributed by atoms with Crippen LogP contribution in [0.3, 0.4) is 0 Å². The van der Waals surface area contributed by atoms with Crippen molar-refractivity contribution in [3.05, 3.63) is 29.8 Å². The van der Waals surface area contributed by atoms with Gasteiger partial charge in [0.15, 0.2) is 0 Å². The third-order valence-corrected chi connectivity index (χ3v) is 6.09. The summed E-state index contributed by atoms with van der Waals surface area (Å²) in [6.07, 6.45) is 13.8. The first-order valence-electron chi connectivity index (χ1n) is 12.3. The number of amides is 1. The molecule has 1 amide bonds. The van der Waals surface area contributed by atoms with Gasteiger partial charge >= 0.3 is 0 Å². The number of hydrogen-bond acceptors (Lipinski definition) is 3. The summed E-state index contributed by atoms with van der Waals surface area (Å²) in [6.45, 7) is 2.16. The average Bonchev–Trinajstić information content (AvgIpc) is 2.72. The molecule has 0 spiro atoms. The zero-order valence-electron chi connectivity index (χ0n) is 20.4. The number of nitrogens with zero attached hydrogens (tertiary/aromatic N) is 1. The van der Waals surface area contributed by atoms with Gasteiger partial charge in [-0.2, -0.15) is 0 Å². The normalized spacial score (nSPS) is 13.7. The Morgan fingerprint density at radius 3 is 1.81 bits per heavy atom. The second-order valence-corrected chi connectivity index (χ2v) is 9.77. The van der Waals surface area contributed by atoms with Crippen LogP contribution in [0, 0.1) is 0 Å². The van der Waals surface area contributed by atoms with Crippen molar-refractivity contribution in [2.45, 2.75) is 96.1 Å². The summed E-state index contributed by atoms with van der Waals surface area (Å²) in [7, 11) is 5.86. The Morgan fingerprint density at radius 2 is 1.35 bits per heavy atom. The minimum absolute atomic E-state index is 0.0452. The summed E-state index contributed by atoms with van der Waals surface area (Å²) >= 11 is 0. The van der Waals surface area contributed by atoms with E-state index in [1.165, 1.54) is 57.8 Å². The Labute approximate surface area is 190 Å². The lowest BCUT2D eigenvalue weighted by molar-refractivity contribution is -0.901. The lowest BCUT2D eigenvalue weighted by Gasteiger charge is -2.36. The van der Waals surface area contributed by atoms with E-state index >= 15 is 0 Å². The van der Waals surface area contributed by atoms with E-state index < -0.39 is 6.10 Å². The van der Waals surface area contributed by atoms with Gasteiger partial charge in [0, 0.05) is 12.1 Å². The molecule has 0 saturated carbocycles. The largest absolute Gasteiger partial charge is 0.390 e. The van der Waals surface area contributed by atoms with Gasteiger partial charge in [0.05, 0.1) is 27.7 Å². The maximum atomic E-state index is 12.2. The topological polar surface area (TPSA) is 69.6 Å². The quantitative estimate of drug-likeness (QED) is 0.226. The van der Waals surface area contributed by atoms with Crippen LogP contribution in [0.15, 0.2) is 24.3 Å². The molecule has 0 radical (unpaired) electrons. The third kappa shape index (κ3) is 11.7. The van der Waals surface area contributed by atoms with Crippen molar-refractivity contribution in [1.82, 2.24) is 0 Å². The molecule has 2 atom stereocenters. The van der Waals surface area contributed by atoms with Crippen LogP contribution < -0.4 is 5.32 Å². The van der Waals surface area contributed by atoms with Crippen LogP contribution in [0.5, 0.6) is 0 Å². The van der Waals surface area contributed by atoms with E-state index in [1.54, 1.807) is 0 Å². The fourth-order valence-corrected chi connectivity index (χ4v) is 3.93. The zero-order valence-corrected chi connectivity index (χ0v) is 20.4. The lowest BCUT2D eigenvalue weighted by Crippen LogP contribution is -2.50. The molecule has 0 aliphatic carbocycles. The Kier molecular flexibility index (Phi) is 13.7. The van der Waals surface area contributed by atoms with Crippen molar-refractivity contribution in [1.29, 1.82) is 0 Å². The highest BCUT2D eigenvalue weighted by Crippen LogP contribution is 2.24. The molecule has 0 saturated heterocycles. The molecule has 3 N–H and O–H groups in total. The summed E-state index contributed by atoms with van der Waals surface area (Å²) in [5.74, 6) is 0.0452. The van der Waals surface area contributed by atoms with E-state index in [4.69, 9.17) is 0 Å². The van der Waals surface area contributed by atoms with E-state index in [0.717, 1.165) is 24.1 Å². The van der Waals surface area contributed by atoms with E-state index in [1.807, 2.05) is 45.4 Å². The number of aliphatic hydroxyl groups is 2. The molecule has 0 aliphatic heterocycles. The van der Waals surface area contributed by atoms with Crippen molar-refractivity contribution in [3.8, 4) is 0 Å². The molecular formula is C26H47N2O3+. The van der Waals surface area contributed by atoms with Gasteiger partial charge in [-0.05, 0) is 24.1 Å². The van der Waals surface area contributed by atoms with Crippen LogP contribution >= 0.6 is 0 Å². The SMILES string of the molecule is CCCCCCCCCCCCCC(=O)Nc1ccc(C(O)C(CO)[N+](C)(C)C)cc1. The molecule has 31 heavy (non-hydrogen) atoms. The average molecular weight is 436 g/mol. The van der Waals surface area contributed by atoms with Crippen molar-refractivity contribution in [3.63, 3.8) is 0 Å². The maximum absolute atomic E-state index is 12.2. The number of benzene rings is 1. The predicted octanol–water partition coefficient (Wildman–Crippen LogP) is 5.43. The van der Waals surface area contributed by atoms with Gasteiger partial charge in [-0.3, -0.25) is 4.79 Å². The third-order valence-electron chi connectivity index (χ3n) is 6.09. The van der Waals surface area contributed by atoms with Crippen LogP contribution in [0.2, 0.25) is 0 Å². The summed E-state index contributed by atoms with van der Waals surface area (Å²) < 4.78 is 0.467. The smallest absolute Gasteiger partial charge is 0.224 e. The minimum atomic E-state index is -0.758. The van der Waals surface area contributed by atoms with Crippen LogP contribution in [-0.4, -0.2) is 54.4 Å². The molecule has 5 heteroatoms. The van der Waals surface area contributed by atoms with E-state index in [9.17, 15) is 15.0 Å². The molecule has 178 valence electrons. The van der Waals surface area contributed by atoms with Gasteiger partial charge in [0.2, 0.25) is 5.91 Å². The van der Waals surface area contributed by atoms with E-state index in [2.05, 4.69) is 12.2 Å². The molecule has 5 nitrogen and oxygen atoms in total. The molecule has 0 aromatic heterocycles. The number of carbonyl (C=O) groups excluding carboxylic acids is 1. The molecule has 0 fully saturated rings. The second-order valence-electron chi connectivity index (χ2n) is 9.77. The minimum Gasteiger partial charge on any atom is -0.390 e.